The van der Waals surface area contributed by atoms with E-state index < -0.39 is 0 Å². The number of ether oxygens (including phenoxy) is 2. The highest BCUT2D eigenvalue weighted by Crippen LogP contribution is 2.36. The van der Waals surface area contributed by atoms with E-state index in [-0.39, 0.29) is 6.04 Å². The Morgan fingerprint density at radius 1 is 1.29 bits per heavy atom. The molecule has 4 nitrogen and oxygen atoms in total. The molecule has 0 amide bonds. The quantitative estimate of drug-likeness (QED) is 0.758. The summed E-state index contributed by atoms with van der Waals surface area (Å²) in [6, 6.07) is 3.81. The van der Waals surface area contributed by atoms with E-state index in [9.17, 15) is 0 Å². The Kier molecular flexibility index (Phi) is 5.61. The summed E-state index contributed by atoms with van der Waals surface area (Å²) in [4.78, 5) is 1.05. The molecule has 1 aromatic carbocycles. The van der Waals surface area contributed by atoms with Crippen molar-refractivity contribution in [3.8, 4) is 11.5 Å². The minimum atomic E-state index is -0.111. The fourth-order valence-electron chi connectivity index (χ4n) is 1.67. The van der Waals surface area contributed by atoms with Crippen molar-refractivity contribution in [1.29, 1.82) is 0 Å². The molecule has 0 radical (unpaired) electrons. The van der Waals surface area contributed by atoms with E-state index in [0.29, 0.717) is 6.54 Å². The average molecular weight is 256 g/mol. The Labute approximate surface area is 107 Å². The number of nitrogens with one attached hydrogen (secondary N) is 1. The van der Waals surface area contributed by atoms with Crippen molar-refractivity contribution < 1.29 is 9.47 Å². The van der Waals surface area contributed by atoms with Gasteiger partial charge in [0.25, 0.3) is 0 Å². The zero-order valence-electron chi connectivity index (χ0n) is 10.7. The first-order valence-electron chi connectivity index (χ1n) is 5.38. The average Bonchev–Trinajstić information content (AvgIpc) is 2.37. The molecule has 1 atom stereocenters. The Morgan fingerprint density at radius 2 is 1.94 bits per heavy atom. The fourth-order valence-corrected chi connectivity index (χ4v) is 2.24. The van der Waals surface area contributed by atoms with E-state index in [1.165, 1.54) is 0 Å². The predicted molar refractivity (Wildman–Crippen MR) is 72.2 cm³/mol. The molecule has 0 fully saturated rings. The van der Waals surface area contributed by atoms with E-state index in [2.05, 4.69) is 5.32 Å². The summed E-state index contributed by atoms with van der Waals surface area (Å²) in [5.41, 5.74) is 7.05. The highest BCUT2D eigenvalue weighted by molar-refractivity contribution is 7.98. The molecule has 0 aliphatic carbocycles. The third kappa shape index (κ3) is 3.28. The van der Waals surface area contributed by atoms with Crippen molar-refractivity contribution >= 4 is 11.8 Å². The van der Waals surface area contributed by atoms with E-state index in [1.54, 1.807) is 26.0 Å². The molecule has 0 saturated heterocycles. The predicted octanol–water partition coefficient (Wildman–Crippen LogP) is 1.64. The first kappa shape index (κ1) is 14.2. The van der Waals surface area contributed by atoms with Gasteiger partial charge >= 0.3 is 0 Å². The van der Waals surface area contributed by atoms with Gasteiger partial charge in [0, 0.05) is 18.2 Å². The largest absolute Gasteiger partial charge is 0.496 e. The van der Waals surface area contributed by atoms with Crippen LogP contribution in [0.25, 0.3) is 0 Å². The molecule has 3 N–H and O–H groups in total. The Balaban J connectivity index is 3.18. The van der Waals surface area contributed by atoms with Crippen molar-refractivity contribution in [2.24, 2.45) is 5.73 Å². The molecule has 1 unspecified atom stereocenters. The number of likely N-dealkylation sites (N-methyl/N-ethyl adjacent to an activating group) is 1. The highest BCUT2D eigenvalue weighted by atomic mass is 32.2. The lowest BCUT2D eigenvalue weighted by Gasteiger charge is -2.18. The topological polar surface area (TPSA) is 56.5 Å². The second-order valence-electron chi connectivity index (χ2n) is 3.61. The molecule has 5 heteroatoms. The molecule has 96 valence electrons. The number of benzene rings is 1. The number of methoxy groups -OCH3 is 2. The van der Waals surface area contributed by atoms with E-state index >= 15 is 0 Å². The molecule has 0 aliphatic heterocycles. The summed E-state index contributed by atoms with van der Waals surface area (Å²) in [6.07, 6.45) is 2.00. The maximum atomic E-state index is 6.09. The van der Waals surface area contributed by atoms with Crippen LogP contribution >= 0.6 is 11.8 Å². The molecule has 0 bridgehead atoms. The van der Waals surface area contributed by atoms with Gasteiger partial charge in [-0.1, -0.05) is 0 Å². The van der Waals surface area contributed by atoms with Crippen LogP contribution in [0.3, 0.4) is 0 Å². The van der Waals surface area contributed by atoms with Gasteiger partial charge in [-0.2, -0.15) is 0 Å². The van der Waals surface area contributed by atoms with Gasteiger partial charge in [0.15, 0.2) is 0 Å². The van der Waals surface area contributed by atoms with Crippen LogP contribution in [0, 0.1) is 0 Å². The van der Waals surface area contributed by atoms with Crippen LogP contribution in [0.2, 0.25) is 0 Å². The lowest BCUT2D eigenvalue weighted by molar-refractivity contribution is 0.387. The maximum absolute atomic E-state index is 6.09. The molecule has 17 heavy (non-hydrogen) atoms. The normalized spacial score (nSPS) is 12.3. The molecule has 0 heterocycles. The summed E-state index contributed by atoms with van der Waals surface area (Å²) in [5.74, 6) is 1.64. The van der Waals surface area contributed by atoms with Gasteiger partial charge in [0.1, 0.15) is 11.5 Å². The molecular formula is C12H20N2O2S. The number of nitrogens with two attached hydrogens (primary N) is 1. The van der Waals surface area contributed by atoms with Crippen LogP contribution in [0.15, 0.2) is 17.0 Å². The van der Waals surface area contributed by atoms with Gasteiger partial charge in [0.05, 0.1) is 19.1 Å². The third-order valence-electron chi connectivity index (χ3n) is 2.56. The van der Waals surface area contributed by atoms with Gasteiger partial charge in [-0.05, 0) is 25.4 Å². The standard InChI is InChI=1S/C12H20N2O2S/c1-14-7-9(13)8-5-11(16-3)12(17-4)6-10(8)15-2/h5-6,9,14H,7,13H2,1-4H3. The van der Waals surface area contributed by atoms with Crippen molar-refractivity contribution in [3.05, 3.63) is 17.7 Å². The molecule has 0 spiro atoms. The smallest absolute Gasteiger partial charge is 0.133 e. The summed E-state index contributed by atoms with van der Waals surface area (Å²) in [7, 11) is 5.19. The molecule has 0 aliphatic rings. The van der Waals surface area contributed by atoms with Crippen molar-refractivity contribution in [1.82, 2.24) is 5.32 Å². The number of rotatable bonds is 6. The minimum absolute atomic E-state index is 0.111. The van der Waals surface area contributed by atoms with Crippen LogP contribution in [0.4, 0.5) is 0 Å². The monoisotopic (exact) mass is 256 g/mol. The van der Waals surface area contributed by atoms with Gasteiger partial charge in [-0.25, -0.2) is 0 Å². The number of thioether (sulfide) groups is 1. The van der Waals surface area contributed by atoms with Crippen molar-refractivity contribution in [2.45, 2.75) is 10.9 Å². The van der Waals surface area contributed by atoms with Gasteiger partial charge in [-0.15, -0.1) is 11.8 Å². The third-order valence-corrected chi connectivity index (χ3v) is 3.32. The van der Waals surface area contributed by atoms with Crippen LogP contribution in [0.1, 0.15) is 11.6 Å². The highest BCUT2D eigenvalue weighted by Gasteiger charge is 2.15. The minimum Gasteiger partial charge on any atom is -0.496 e. The Hall–Kier alpha value is -0.910. The second kappa shape index (κ2) is 6.74. The Bertz CT molecular complexity index is 372. The second-order valence-corrected chi connectivity index (χ2v) is 4.46. The van der Waals surface area contributed by atoms with Crippen molar-refractivity contribution in [3.63, 3.8) is 0 Å². The van der Waals surface area contributed by atoms with E-state index in [4.69, 9.17) is 15.2 Å². The van der Waals surface area contributed by atoms with Crippen molar-refractivity contribution in [2.75, 3.05) is 34.1 Å². The molecular weight excluding hydrogens is 236 g/mol. The lowest BCUT2D eigenvalue weighted by Crippen LogP contribution is -2.24. The first-order valence-corrected chi connectivity index (χ1v) is 6.60. The summed E-state index contributed by atoms with van der Waals surface area (Å²) in [6.45, 7) is 0.693. The zero-order valence-corrected chi connectivity index (χ0v) is 11.6. The van der Waals surface area contributed by atoms with Gasteiger partial charge in [0.2, 0.25) is 0 Å². The van der Waals surface area contributed by atoms with E-state index in [1.807, 2.05) is 25.4 Å². The number of hydrogen-bond acceptors (Lipinski definition) is 5. The summed E-state index contributed by atoms with van der Waals surface area (Å²) < 4.78 is 10.7. The van der Waals surface area contributed by atoms with E-state index in [0.717, 1.165) is 22.0 Å². The van der Waals surface area contributed by atoms with Crippen LogP contribution in [-0.2, 0) is 0 Å². The zero-order chi connectivity index (χ0) is 12.8. The summed E-state index contributed by atoms with van der Waals surface area (Å²) in [5, 5.41) is 3.06. The Morgan fingerprint density at radius 3 is 2.41 bits per heavy atom. The SMILES string of the molecule is CNCC(N)c1cc(OC)c(SC)cc1OC. The number of hydrogen-bond donors (Lipinski definition) is 2. The molecule has 0 saturated carbocycles. The molecule has 1 rings (SSSR count). The van der Waals surface area contributed by atoms with Crippen LogP contribution in [0.5, 0.6) is 11.5 Å². The maximum Gasteiger partial charge on any atom is 0.133 e. The summed E-state index contributed by atoms with van der Waals surface area (Å²) >= 11 is 1.62. The fraction of sp³-hybridized carbons (Fsp3) is 0.500. The van der Waals surface area contributed by atoms with Crippen LogP contribution < -0.4 is 20.5 Å². The molecule has 1 aromatic rings. The van der Waals surface area contributed by atoms with Gasteiger partial charge in [-0.3, -0.25) is 0 Å². The van der Waals surface area contributed by atoms with Gasteiger partial charge < -0.3 is 20.5 Å². The van der Waals surface area contributed by atoms with Crippen LogP contribution in [-0.4, -0.2) is 34.1 Å². The molecule has 0 aromatic heterocycles. The lowest BCUT2D eigenvalue weighted by atomic mass is 10.1. The first-order chi connectivity index (χ1) is 8.17.